The van der Waals surface area contributed by atoms with Gasteiger partial charge in [0.25, 0.3) is 0 Å². The molecule has 0 spiro atoms. The summed E-state index contributed by atoms with van der Waals surface area (Å²) in [6.07, 6.45) is 1.72. The van der Waals surface area contributed by atoms with Crippen LogP contribution in [0.4, 0.5) is 5.69 Å². The molecular formula is C19H26IN3O2. The van der Waals surface area contributed by atoms with E-state index in [1.165, 1.54) is 5.56 Å². The van der Waals surface area contributed by atoms with Gasteiger partial charge < -0.3 is 20.5 Å². The van der Waals surface area contributed by atoms with Gasteiger partial charge in [-0.25, -0.2) is 0 Å². The smallest absolute Gasteiger partial charge is 0.193 e. The molecule has 0 radical (unpaired) electrons. The Balaban J connectivity index is 0.00000312. The molecule has 3 N–H and O–H groups in total. The highest BCUT2D eigenvalue weighted by molar-refractivity contribution is 14.0. The Morgan fingerprint density at radius 2 is 1.80 bits per heavy atom. The molecule has 0 amide bonds. The van der Waals surface area contributed by atoms with E-state index >= 15 is 0 Å². The first kappa shape index (κ1) is 21.1. The lowest BCUT2D eigenvalue weighted by Gasteiger charge is -2.10. The predicted molar refractivity (Wildman–Crippen MR) is 115 cm³/mol. The van der Waals surface area contributed by atoms with Crippen LogP contribution in [0.3, 0.4) is 0 Å². The zero-order valence-electron chi connectivity index (χ0n) is 14.9. The van der Waals surface area contributed by atoms with Crippen molar-refractivity contribution in [2.75, 3.05) is 26.1 Å². The zero-order valence-corrected chi connectivity index (χ0v) is 17.2. The fourth-order valence-electron chi connectivity index (χ4n) is 2.37. The molecule has 2 aromatic carbocycles. The van der Waals surface area contributed by atoms with Crippen LogP contribution in [0.25, 0.3) is 0 Å². The van der Waals surface area contributed by atoms with Gasteiger partial charge in [0.05, 0.1) is 14.2 Å². The van der Waals surface area contributed by atoms with E-state index in [4.69, 9.17) is 15.2 Å². The summed E-state index contributed by atoms with van der Waals surface area (Å²) in [4.78, 5) is 4.37. The van der Waals surface area contributed by atoms with Crippen molar-refractivity contribution in [1.82, 2.24) is 0 Å². The number of aryl methyl sites for hydroxylation is 2. The van der Waals surface area contributed by atoms with Gasteiger partial charge in [0.15, 0.2) is 5.96 Å². The number of nitrogens with two attached hydrogens (primary N) is 1. The maximum Gasteiger partial charge on any atom is 0.193 e. The fourth-order valence-corrected chi connectivity index (χ4v) is 2.37. The molecule has 2 aromatic rings. The number of rotatable bonds is 7. The van der Waals surface area contributed by atoms with Crippen LogP contribution in [0.15, 0.2) is 47.5 Å². The van der Waals surface area contributed by atoms with Crippen LogP contribution in [-0.2, 0) is 6.42 Å². The van der Waals surface area contributed by atoms with E-state index < -0.39 is 0 Å². The van der Waals surface area contributed by atoms with Crippen molar-refractivity contribution in [2.24, 2.45) is 10.7 Å². The van der Waals surface area contributed by atoms with Crippen LogP contribution in [0.5, 0.6) is 11.5 Å². The first-order chi connectivity index (χ1) is 11.6. The summed E-state index contributed by atoms with van der Waals surface area (Å²) >= 11 is 0. The number of benzene rings is 2. The van der Waals surface area contributed by atoms with Crippen LogP contribution in [0.1, 0.15) is 17.5 Å². The average Bonchev–Trinajstić information content (AvgIpc) is 2.60. The first-order valence-corrected chi connectivity index (χ1v) is 7.97. The van der Waals surface area contributed by atoms with E-state index in [9.17, 15) is 0 Å². The highest BCUT2D eigenvalue weighted by atomic mass is 127. The Morgan fingerprint density at radius 3 is 2.44 bits per heavy atom. The van der Waals surface area contributed by atoms with Gasteiger partial charge in [0.2, 0.25) is 0 Å². The third-order valence-electron chi connectivity index (χ3n) is 3.70. The SMILES string of the molecule is COc1ccc(OC)c(CCCN=C(N)Nc2ccc(C)cc2)c1.I. The molecule has 0 atom stereocenters. The molecule has 5 nitrogen and oxygen atoms in total. The van der Waals surface area contributed by atoms with Crippen LogP contribution in [0, 0.1) is 6.92 Å². The number of aliphatic imine (C=N–C) groups is 1. The molecule has 0 aliphatic carbocycles. The Labute approximate surface area is 166 Å². The number of anilines is 1. The second-order valence-corrected chi connectivity index (χ2v) is 5.54. The third kappa shape index (κ3) is 6.81. The maximum atomic E-state index is 5.92. The number of halogens is 1. The molecule has 136 valence electrons. The van der Waals surface area contributed by atoms with Crippen molar-refractivity contribution < 1.29 is 9.47 Å². The molecule has 25 heavy (non-hydrogen) atoms. The van der Waals surface area contributed by atoms with Crippen LogP contribution < -0.4 is 20.5 Å². The first-order valence-electron chi connectivity index (χ1n) is 7.97. The van der Waals surface area contributed by atoms with Crippen molar-refractivity contribution >= 4 is 35.6 Å². The highest BCUT2D eigenvalue weighted by Gasteiger charge is 2.04. The van der Waals surface area contributed by atoms with E-state index in [0.29, 0.717) is 12.5 Å². The second kappa shape index (κ2) is 10.8. The minimum absolute atomic E-state index is 0. The van der Waals surface area contributed by atoms with Crippen LogP contribution >= 0.6 is 24.0 Å². The van der Waals surface area contributed by atoms with Crippen molar-refractivity contribution in [3.05, 3.63) is 53.6 Å². The third-order valence-corrected chi connectivity index (χ3v) is 3.70. The molecule has 0 saturated heterocycles. The summed E-state index contributed by atoms with van der Waals surface area (Å²) in [5.74, 6) is 2.12. The van der Waals surface area contributed by atoms with Gasteiger partial charge in [0, 0.05) is 12.2 Å². The lowest BCUT2D eigenvalue weighted by atomic mass is 10.1. The summed E-state index contributed by atoms with van der Waals surface area (Å²) in [6, 6.07) is 13.8. The molecule has 0 bridgehead atoms. The van der Waals surface area contributed by atoms with Crippen molar-refractivity contribution in [1.29, 1.82) is 0 Å². The Morgan fingerprint density at radius 1 is 1.08 bits per heavy atom. The molecular weight excluding hydrogens is 429 g/mol. The molecule has 0 aromatic heterocycles. The van der Waals surface area contributed by atoms with Crippen molar-refractivity contribution in [3.8, 4) is 11.5 Å². The van der Waals surface area contributed by atoms with E-state index in [1.807, 2.05) is 49.4 Å². The van der Waals surface area contributed by atoms with Gasteiger partial charge in [0.1, 0.15) is 11.5 Å². The van der Waals surface area contributed by atoms with E-state index in [2.05, 4.69) is 10.3 Å². The second-order valence-electron chi connectivity index (χ2n) is 5.54. The van der Waals surface area contributed by atoms with E-state index in [0.717, 1.165) is 35.6 Å². The fraction of sp³-hybridized carbons (Fsp3) is 0.316. The van der Waals surface area contributed by atoms with Crippen LogP contribution in [0.2, 0.25) is 0 Å². The maximum absolute atomic E-state index is 5.92. The average molecular weight is 455 g/mol. The highest BCUT2D eigenvalue weighted by Crippen LogP contribution is 2.25. The number of hydrogen-bond acceptors (Lipinski definition) is 3. The predicted octanol–water partition coefficient (Wildman–Crippen LogP) is 3.99. The Kier molecular flexibility index (Phi) is 9.12. The molecule has 0 saturated carbocycles. The summed E-state index contributed by atoms with van der Waals surface area (Å²) in [6.45, 7) is 2.69. The number of nitrogens with zero attached hydrogens (tertiary/aromatic N) is 1. The molecule has 0 aliphatic heterocycles. The van der Waals surface area contributed by atoms with Gasteiger partial charge >= 0.3 is 0 Å². The quantitative estimate of drug-likeness (QED) is 0.287. The molecule has 0 heterocycles. The van der Waals surface area contributed by atoms with Crippen LogP contribution in [-0.4, -0.2) is 26.7 Å². The number of ether oxygens (including phenoxy) is 2. The number of guanidine groups is 1. The summed E-state index contributed by atoms with van der Waals surface area (Å²) in [7, 11) is 3.33. The van der Waals surface area contributed by atoms with Gasteiger partial charge in [-0.3, -0.25) is 4.99 Å². The van der Waals surface area contributed by atoms with E-state index in [-0.39, 0.29) is 24.0 Å². The lowest BCUT2D eigenvalue weighted by Crippen LogP contribution is -2.22. The summed E-state index contributed by atoms with van der Waals surface area (Å²) in [5, 5.41) is 3.09. The molecule has 0 unspecified atom stereocenters. The monoisotopic (exact) mass is 455 g/mol. The van der Waals surface area contributed by atoms with Gasteiger partial charge in [-0.05, 0) is 55.7 Å². The molecule has 6 heteroatoms. The zero-order chi connectivity index (χ0) is 17.4. The topological polar surface area (TPSA) is 68.9 Å². The minimum atomic E-state index is 0. The minimum Gasteiger partial charge on any atom is -0.497 e. The summed E-state index contributed by atoms with van der Waals surface area (Å²) < 4.78 is 10.6. The van der Waals surface area contributed by atoms with Gasteiger partial charge in [-0.1, -0.05) is 17.7 Å². The van der Waals surface area contributed by atoms with Gasteiger partial charge in [-0.15, -0.1) is 24.0 Å². The molecule has 0 fully saturated rings. The number of methoxy groups -OCH3 is 2. The van der Waals surface area contributed by atoms with Crippen molar-refractivity contribution in [2.45, 2.75) is 19.8 Å². The molecule has 0 aliphatic rings. The van der Waals surface area contributed by atoms with Gasteiger partial charge in [-0.2, -0.15) is 0 Å². The normalized spacial score (nSPS) is 10.8. The Hall–Kier alpha value is -1.96. The van der Waals surface area contributed by atoms with Crippen molar-refractivity contribution in [3.63, 3.8) is 0 Å². The Bertz CT molecular complexity index is 688. The number of nitrogens with one attached hydrogen (secondary N) is 1. The number of hydrogen-bond donors (Lipinski definition) is 2. The largest absolute Gasteiger partial charge is 0.497 e. The standard InChI is InChI=1S/C19H25N3O2.HI/c1-14-6-8-16(9-7-14)22-19(20)21-12-4-5-15-13-17(23-2)10-11-18(15)24-3;/h6-11,13H,4-5,12H2,1-3H3,(H3,20,21,22);1H. The van der Waals surface area contributed by atoms with E-state index in [1.54, 1.807) is 14.2 Å². The lowest BCUT2D eigenvalue weighted by molar-refractivity contribution is 0.398. The summed E-state index contributed by atoms with van der Waals surface area (Å²) in [5.41, 5.74) is 9.18. The molecule has 2 rings (SSSR count).